The number of hydrogen-bond acceptors (Lipinski definition) is 4. The normalized spacial score (nSPS) is 15.5. The van der Waals surface area contributed by atoms with Gasteiger partial charge in [0, 0.05) is 19.2 Å². The smallest absolute Gasteiger partial charge is 0.255 e. The predicted molar refractivity (Wildman–Crippen MR) is 109 cm³/mol. The molecule has 0 saturated carbocycles. The molecule has 1 aliphatic rings. The summed E-state index contributed by atoms with van der Waals surface area (Å²) in [7, 11) is 1.51. The molecule has 0 aromatic heterocycles. The summed E-state index contributed by atoms with van der Waals surface area (Å²) in [6.07, 6.45) is 3.89. The highest BCUT2D eigenvalue weighted by Gasteiger charge is 2.17. The molecule has 0 radical (unpaired) electrons. The van der Waals surface area contributed by atoms with Crippen molar-refractivity contribution in [2.45, 2.75) is 26.2 Å². The number of halogens is 3. The lowest BCUT2D eigenvalue weighted by Gasteiger charge is -2.29. The van der Waals surface area contributed by atoms with Gasteiger partial charge in [0.1, 0.15) is 5.75 Å². The molecule has 1 atom stereocenters. The number of piperidine rings is 1. The molecular formula is C17H28Cl3N3O2. The molecule has 1 saturated heterocycles. The Morgan fingerprint density at radius 1 is 1.32 bits per heavy atom. The molecule has 1 aromatic rings. The Kier molecular flexibility index (Phi) is 11.3. The van der Waals surface area contributed by atoms with Gasteiger partial charge < -0.3 is 20.7 Å². The molecule has 144 valence electrons. The van der Waals surface area contributed by atoms with E-state index in [0.29, 0.717) is 34.5 Å². The number of rotatable bonds is 6. The van der Waals surface area contributed by atoms with E-state index in [0.717, 1.165) is 6.54 Å². The van der Waals surface area contributed by atoms with Crippen molar-refractivity contribution < 1.29 is 9.53 Å². The molecule has 8 heteroatoms. The Bertz CT molecular complexity index is 552. The number of nitrogens with two attached hydrogens (primary N) is 1. The molecule has 1 fully saturated rings. The molecule has 0 aliphatic carbocycles. The molecule has 0 spiro atoms. The first-order valence-electron chi connectivity index (χ1n) is 8.14. The highest BCUT2D eigenvalue weighted by Crippen LogP contribution is 2.28. The average molecular weight is 413 g/mol. The van der Waals surface area contributed by atoms with Gasteiger partial charge in [-0.2, -0.15) is 0 Å². The van der Waals surface area contributed by atoms with E-state index in [9.17, 15) is 4.79 Å². The van der Waals surface area contributed by atoms with Crippen LogP contribution in [0.15, 0.2) is 12.1 Å². The fraction of sp³-hybridized carbons (Fsp3) is 0.588. The zero-order chi connectivity index (χ0) is 16.8. The van der Waals surface area contributed by atoms with Gasteiger partial charge in [-0.15, -0.1) is 24.8 Å². The van der Waals surface area contributed by atoms with E-state index in [-0.39, 0.29) is 30.7 Å². The highest BCUT2D eigenvalue weighted by molar-refractivity contribution is 6.33. The number of nitrogen functional groups attached to an aromatic ring is 1. The quantitative estimate of drug-likeness (QED) is 0.700. The minimum absolute atomic E-state index is 0. The number of hydrogen-bond donors (Lipinski definition) is 2. The van der Waals surface area contributed by atoms with Crippen LogP contribution in [0, 0.1) is 5.92 Å². The van der Waals surface area contributed by atoms with Gasteiger partial charge in [0.25, 0.3) is 5.91 Å². The summed E-state index contributed by atoms with van der Waals surface area (Å²) in [6, 6.07) is 3.13. The van der Waals surface area contributed by atoms with Crippen LogP contribution in [0.2, 0.25) is 5.02 Å². The Labute approximate surface area is 167 Å². The number of anilines is 1. The van der Waals surface area contributed by atoms with Crippen LogP contribution in [0.25, 0.3) is 0 Å². The van der Waals surface area contributed by atoms with E-state index < -0.39 is 0 Å². The number of nitrogens with one attached hydrogen (secondary N) is 1. The van der Waals surface area contributed by atoms with Crippen molar-refractivity contribution in [3.05, 3.63) is 22.7 Å². The summed E-state index contributed by atoms with van der Waals surface area (Å²) in [5.74, 6) is 0.648. The van der Waals surface area contributed by atoms with E-state index in [4.69, 9.17) is 22.1 Å². The molecule has 25 heavy (non-hydrogen) atoms. The largest absolute Gasteiger partial charge is 0.496 e. The monoisotopic (exact) mass is 411 g/mol. The van der Waals surface area contributed by atoms with Gasteiger partial charge in [-0.05, 0) is 37.9 Å². The summed E-state index contributed by atoms with van der Waals surface area (Å²) >= 11 is 6.01. The standard InChI is InChI=1S/C17H26ClN3O2.2ClH/c1-12(11-21-6-4-3-5-7-21)10-20-17(22)13-8-14(18)15(19)9-16(13)23-2;;/h8-9,12H,3-7,10-11,19H2,1-2H3,(H,20,22);2*1H. The topological polar surface area (TPSA) is 67.6 Å². The lowest BCUT2D eigenvalue weighted by molar-refractivity contribution is 0.0939. The second-order valence-corrected chi connectivity index (χ2v) is 6.66. The Hall–Kier alpha value is -0.880. The molecule has 1 amide bonds. The van der Waals surface area contributed by atoms with E-state index in [1.807, 2.05) is 0 Å². The number of nitrogens with zero attached hydrogens (tertiary/aromatic N) is 1. The number of carbonyl (C=O) groups is 1. The minimum Gasteiger partial charge on any atom is -0.496 e. The third-order valence-electron chi connectivity index (χ3n) is 4.19. The van der Waals surface area contributed by atoms with Gasteiger partial charge in [0.05, 0.1) is 23.4 Å². The molecule has 0 bridgehead atoms. The number of ether oxygens (including phenoxy) is 1. The van der Waals surface area contributed by atoms with Gasteiger partial charge >= 0.3 is 0 Å². The van der Waals surface area contributed by atoms with E-state index in [1.165, 1.54) is 39.5 Å². The average Bonchev–Trinajstić information content (AvgIpc) is 2.55. The second-order valence-electron chi connectivity index (χ2n) is 6.25. The van der Waals surface area contributed by atoms with Gasteiger partial charge in [-0.25, -0.2) is 0 Å². The number of amides is 1. The van der Waals surface area contributed by atoms with Crippen LogP contribution < -0.4 is 15.8 Å². The predicted octanol–water partition coefficient (Wildman–Crippen LogP) is 3.63. The van der Waals surface area contributed by atoms with Gasteiger partial charge in [-0.1, -0.05) is 24.9 Å². The summed E-state index contributed by atoms with van der Waals surface area (Å²) in [5.41, 5.74) is 6.56. The van der Waals surface area contributed by atoms with Crippen LogP contribution in [0.5, 0.6) is 5.75 Å². The zero-order valence-electron chi connectivity index (χ0n) is 14.7. The molecule has 1 aromatic carbocycles. The summed E-state index contributed by atoms with van der Waals surface area (Å²) in [5, 5.41) is 3.32. The maximum Gasteiger partial charge on any atom is 0.255 e. The van der Waals surface area contributed by atoms with Crippen molar-refractivity contribution in [3.63, 3.8) is 0 Å². The van der Waals surface area contributed by atoms with Crippen LogP contribution in [0.3, 0.4) is 0 Å². The maximum atomic E-state index is 12.4. The first-order chi connectivity index (χ1) is 11.0. The van der Waals surface area contributed by atoms with Crippen molar-refractivity contribution >= 4 is 48.0 Å². The first-order valence-corrected chi connectivity index (χ1v) is 8.52. The van der Waals surface area contributed by atoms with Crippen LogP contribution in [0.1, 0.15) is 36.5 Å². The minimum atomic E-state index is -0.186. The summed E-state index contributed by atoms with van der Waals surface area (Å²) < 4.78 is 5.22. The van der Waals surface area contributed by atoms with Crippen LogP contribution in [0.4, 0.5) is 5.69 Å². The number of likely N-dealkylation sites (tertiary alicyclic amines) is 1. The van der Waals surface area contributed by atoms with E-state index in [2.05, 4.69) is 17.1 Å². The Morgan fingerprint density at radius 3 is 2.56 bits per heavy atom. The van der Waals surface area contributed by atoms with Crippen LogP contribution >= 0.6 is 36.4 Å². The van der Waals surface area contributed by atoms with Crippen molar-refractivity contribution in [1.82, 2.24) is 10.2 Å². The summed E-state index contributed by atoms with van der Waals surface area (Å²) in [4.78, 5) is 14.9. The number of benzene rings is 1. The molecule has 1 heterocycles. The molecule has 2 rings (SSSR count). The summed E-state index contributed by atoms with van der Waals surface area (Å²) in [6.45, 7) is 6.13. The molecule has 3 N–H and O–H groups in total. The Morgan fingerprint density at radius 2 is 1.96 bits per heavy atom. The maximum absolute atomic E-state index is 12.4. The first kappa shape index (κ1) is 24.1. The van der Waals surface area contributed by atoms with Gasteiger partial charge in [-0.3, -0.25) is 4.79 Å². The SMILES string of the molecule is COc1cc(N)c(Cl)cc1C(=O)NCC(C)CN1CCCCC1.Cl.Cl. The van der Waals surface area contributed by atoms with E-state index in [1.54, 1.807) is 12.1 Å². The fourth-order valence-electron chi connectivity index (χ4n) is 2.92. The van der Waals surface area contributed by atoms with Gasteiger partial charge in [0.2, 0.25) is 0 Å². The van der Waals surface area contributed by atoms with Crippen molar-refractivity contribution in [1.29, 1.82) is 0 Å². The van der Waals surface area contributed by atoms with Crippen molar-refractivity contribution in [3.8, 4) is 5.75 Å². The third-order valence-corrected chi connectivity index (χ3v) is 4.52. The van der Waals surface area contributed by atoms with Gasteiger partial charge in [0.15, 0.2) is 0 Å². The second kappa shape index (κ2) is 11.7. The molecular weight excluding hydrogens is 385 g/mol. The Balaban J connectivity index is 0.00000288. The number of carbonyl (C=O) groups excluding carboxylic acids is 1. The van der Waals surface area contributed by atoms with Crippen LogP contribution in [-0.2, 0) is 0 Å². The molecule has 5 nitrogen and oxygen atoms in total. The lowest BCUT2D eigenvalue weighted by atomic mass is 10.1. The van der Waals surface area contributed by atoms with E-state index >= 15 is 0 Å². The van der Waals surface area contributed by atoms with Crippen molar-refractivity contribution in [2.24, 2.45) is 5.92 Å². The molecule has 1 aliphatic heterocycles. The highest BCUT2D eigenvalue weighted by atomic mass is 35.5. The van der Waals surface area contributed by atoms with Crippen molar-refractivity contribution in [2.75, 3.05) is 39.0 Å². The van der Waals surface area contributed by atoms with Crippen LogP contribution in [-0.4, -0.2) is 44.1 Å². The zero-order valence-corrected chi connectivity index (χ0v) is 17.1. The lowest BCUT2D eigenvalue weighted by Crippen LogP contribution is -2.38. The number of methoxy groups -OCH3 is 1. The fourth-order valence-corrected chi connectivity index (χ4v) is 3.09. The third kappa shape index (κ3) is 7.10. The molecule has 1 unspecified atom stereocenters.